The van der Waals surface area contributed by atoms with E-state index in [0.717, 1.165) is 51.0 Å². The molecule has 144 valence electrons. The molecule has 1 saturated heterocycles. The Morgan fingerprint density at radius 3 is 2.58 bits per heavy atom. The van der Waals surface area contributed by atoms with Crippen molar-refractivity contribution in [2.24, 2.45) is 0 Å². The number of ether oxygens (including phenoxy) is 1. The Bertz CT molecular complexity index is 652. The second-order valence-corrected chi connectivity index (χ2v) is 7.93. The SMILES string of the molecule is CC(C)Oc1cc([N+](=O)[O-])ccc1N1CCC(N(C)CC2(O)CC2)CC1. The van der Waals surface area contributed by atoms with Gasteiger partial charge in [-0.25, -0.2) is 0 Å². The minimum absolute atomic E-state index is 0.0429. The van der Waals surface area contributed by atoms with Gasteiger partial charge in [-0.2, -0.15) is 0 Å². The normalized spacial score (nSPS) is 19.8. The van der Waals surface area contributed by atoms with Gasteiger partial charge in [-0.05, 0) is 52.6 Å². The van der Waals surface area contributed by atoms with Crippen LogP contribution < -0.4 is 9.64 Å². The molecule has 0 spiro atoms. The lowest BCUT2D eigenvalue weighted by molar-refractivity contribution is -0.384. The maximum absolute atomic E-state index is 11.1. The standard InChI is InChI=1S/C19H29N3O4/c1-14(2)26-18-12-16(22(24)25)4-5-17(18)21-10-6-15(7-11-21)20(3)13-19(23)8-9-19/h4-5,12,14-15,23H,6-11,13H2,1-3H3. The Morgan fingerprint density at radius 2 is 2.04 bits per heavy atom. The second kappa shape index (κ2) is 7.40. The lowest BCUT2D eigenvalue weighted by Crippen LogP contribution is -2.46. The van der Waals surface area contributed by atoms with Crippen LogP contribution >= 0.6 is 0 Å². The lowest BCUT2D eigenvalue weighted by atomic mass is 10.0. The monoisotopic (exact) mass is 363 g/mol. The zero-order valence-corrected chi connectivity index (χ0v) is 15.9. The Kier molecular flexibility index (Phi) is 5.39. The highest BCUT2D eigenvalue weighted by Crippen LogP contribution is 2.38. The molecule has 1 aromatic carbocycles. The highest BCUT2D eigenvalue weighted by atomic mass is 16.6. The van der Waals surface area contributed by atoms with Gasteiger partial charge in [0.1, 0.15) is 5.75 Å². The summed E-state index contributed by atoms with van der Waals surface area (Å²) in [5.41, 5.74) is 0.519. The van der Waals surface area contributed by atoms with Crippen molar-refractivity contribution in [3.8, 4) is 5.75 Å². The van der Waals surface area contributed by atoms with E-state index in [1.165, 1.54) is 6.07 Å². The van der Waals surface area contributed by atoms with Crippen molar-refractivity contribution in [1.29, 1.82) is 0 Å². The summed E-state index contributed by atoms with van der Waals surface area (Å²) in [6.07, 6.45) is 3.79. The van der Waals surface area contributed by atoms with Crippen LogP contribution in [0.15, 0.2) is 18.2 Å². The number of non-ortho nitro benzene ring substituents is 1. The fourth-order valence-corrected chi connectivity index (χ4v) is 3.67. The van der Waals surface area contributed by atoms with E-state index in [1.807, 2.05) is 13.8 Å². The molecule has 2 fully saturated rings. The maximum Gasteiger partial charge on any atom is 0.273 e. The van der Waals surface area contributed by atoms with Gasteiger partial charge in [0, 0.05) is 31.7 Å². The lowest BCUT2D eigenvalue weighted by Gasteiger charge is -2.39. The number of benzene rings is 1. The molecule has 0 radical (unpaired) electrons. The van der Waals surface area contributed by atoms with E-state index in [1.54, 1.807) is 12.1 Å². The molecule has 1 saturated carbocycles. The summed E-state index contributed by atoms with van der Waals surface area (Å²) in [6, 6.07) is 5.33. The smallest absolute Gasteiger partial charge is 0.273 e. The average molecular weight is 363 g/mol. The Hall–Kier alpha value is -1.86. The van der Waals surface area contributed by atoms with Crippen molar-refractivity contribution in [3.05, 3.63) is 28.3 Å². The largest absolute Gasteiger partial charge is 0.489 e. The molecule has 1 aliphatic heterocycles. The van der Waals surface area contributed by atoms with Crippen molar-refractivity contribution in [2.45, 2.75) is 57.3 Å². The minimum Gasteiger partial charge on any atom is -0.489 e. The van der Waals surface area contributed by atoms with Gasteiger partial charge in [0.15, 0.2) is 0 Å². The molecule has 1 heterocycles. The number of anilines is 1. The predicted molar refractivity (Wildman–Crippen MR) is 101 cm³/mol. The fraction of sp³-hybridized carbons (Fsp3) is 0.684. The summed E-state index contributed by atoms with van der Waals surface area (Å²) in [7, 11) is 2.09. The van der Waals surface area contributed by atoms with Crippen molar-refractivity contribution < 1.29 is 14.8 Å². The molecular weight excluding hydrogens is 334 g/mol. The van der Waals surface area contributed by atoms with E-state index in [2.05, 4.69) is 16.8 Å². The zero-order chi connectivity index (χ0) is 18.9. The highest BCUT2D eigenvalue weighted by molar-refractivity contribution is 5.62. The van der Waals surface area contributed by atoms with Crippen LogP contribution in [0.2, 0.25) is 0 Å². The summed E-state index contributed by atoms with van der Waals surface area (Å²) in [4.78, 5) is 15.2. The fourth-order valence-electron chi connectivity index (χ4n) is 3.67. The second-order valence-electron chi connectivity index (χ2n) is 7.93. The molecule has 0 unspecified atom stereocenters. The molecule has 3 rings (SSSR count). The van der Waals surface area contributed by atoms with Crippen molar-refractivity contribution in [2.75, 3.05) is 31.6 Å². The molecule has 7 nitrogen and oxygen atoms in total. The number of hydrogen-bond acceptors (Lipinski definition) is 6. The molecule has 1 aliphatic carbocycles. The zero-order valence-electron chi connectivity index (χ0n) is 15.9. The van der Waals surface area contributed by atoms with Gasteiger partial charge in [0.2, 0.25) is 0 Å². The van der Waals surface area contributed by atoms with Gasteiger partial charge in [0.25, 0.3) is 5.69 Å². The molecule has 0 atom stereocenters. The number of nitrogens with zero attached hydrogens (tertiary/aromatic N) is 3. The van der Waals surface area contributed by atoms with Gasteiger partial charge in [-0.1, -0.05) is 0 Å². The Labute approximate surface area is 154 Å². The van der Waals surface area contributed by atoms with Gasteiger partial charge in [-0.3, -0.25) is 10.1 Å². The molecule has 26 heavy (non-hydrogen) atoms. The first kappa shape index (κ1) is 18.9. The number of aliphatic hydroxyl groups is 1. The third-order valence-electron chi connectivity index (χ3n) is 5.32. The molecule has 1 N–H and O–H groups in total. The Morgan fingerprint density at radius 1 is 1.38 bits per heavy atom. The van der Waals surface area contributed by atoms with Crippen LogP contribution in [-0.4, -0.2) is 59.4 Å². The first-order valence-corrected chi connectivity index (χ1v) is 9.40. The number of piperidine rings is 1. The van der Waals surface area contributed by atoms with Crippen LogP contribution in [0.3, 0.4) is 0 Å². The summed E-state index contributed by atoms with van der Waals surface area (Å²) < 4.78 is 5.85. The minimum atomic E-state index is -0.456. The topological polar surface area (TPSA) is 79.1 Å². The van der Waals surface area contributed by atoms with E-state index in [4.69, 9.17) is 4.74 Å². The van der Waals surface area contributed by atoms with Crippen LogP contribution in [-0.2, 0) is 0 Å². The number of nitro benzene ring substituents is 1. The van der Waals surface area contributed by atoms with Crippen LogP contribution in [0.25, 0.3) is 0 Å². The van der Waals surface area contributed by atoms with Crippen LogP contribution in [0.1, 0.15) is 39.5 Å². The van der Waals surface area contributed by atoms with E-state index >= 15 is 0 Å². The molecule has 1 aromatic rings. The van der Waals surface area contributed by atoms with Crippen LogP contribution in [0.4, 0.5) is 11.4 Å². The molecule has 7 heteroatoms. The summed E-state index contributed by atoms with van der Waals surface area (Å²) >= 11 is 0. The maximum atomic E-state index is 11.1. The summed E-state index contributed by atoms with van der Waals surface area (Å²) in [6.45, 7) is 6.34. The van der Waals surface area contributed by atoms with Crippen molar-refractivity contribution in [1.82, 2.24) is 4.90 Å². The van der Waals surface area contributed by atoms with Crippen LogP contribution in [0, 0.1) is 10.1 Å². The molecule has 2 aliphatic rings. The quantitative estimate of drug-likeness (QED) is 0.593. The predicted octanol–water partition coefficient (Wildman–Crippen LogP) is 2.81. The van der Waals surface area contributed by atoms with E-state index in [0.29, 0.717) is 11.8 Å². The van der Waals surface area contributed by atoms with E-state index in [9.17, 15) is 15.2 Å². The van der Waals surface area contributed by atoms with Gasteiger partial charge in [-0.15, -0.1) is 0 Å². The van der Waals surface area contributed by atoms with Crippen molar-refractivity contribution >= 4 is 11.4 Å². The molecule has 0 bridgehead atoms. The van der Waals surface area contributed by atoms with Gasteiger partial charge < -0.3 is 19.6 Å². The third kappa shape index (κ3) is 4.45. The molecule has 0 aromatic heterocycles. The van der Waals surface area contributed by atoms with E-state index < -0.39 is 5.60 Å². The Balaban J connectivity index is 1.67. The van der Waals surface area contributed by atoms with Gasteiger partial charge >= 0.3 is 0 Å². The first-order valence-electron chi connectivity index (χ1n) is 9.40. The molecular formula is C19H29N3O4. The average Bonchev–Trinajstić information content (AvgIpc) is 3.31. The third-order valence-corrected chi connectivity index (χ3v) is 5.32. The first-order chi connectivity index (χ1) is 12.3. The number of hydrogen-bond donors (Lipinski definition) is 1. The van der Waals surface area contributed by atoms with Crippen LogP contribution in [0.5, 0.6) is 5.75 Å². The number of rotatable bonds is 7. The summed E-state index contributed by atoms with van der Waals surface area (Å²) in [5, 5.41) is 21.2. The van der Waals surface area contributed by atoms with Gasteiger partial charge in [0.05, 0.1) is 28.4 Å². The molecule has 0 amide bonds. The number of likely N-dealkylation sites (N-methyl/N-ethyl adjacent to an activating group) is 1. The highest BCUT2D eigenvalue weighted by Gasteiger charge is 2.42. The van der Waals surface area contributed by atoms with Crippen molar-refractivity contribution in [3.63, 3.8) is 0 Å². The number of nitro groups is 1. The summed E-state index contributed by atoms with van der Waals surface area (Å²) in [5.74, 6) is 0.577. The van der Waals surface area contributed by atoms with E-state index in [-0.39, 0.29) is 16.7 Å².